The third-order valence-electron chi connectivity index (χ3n) is 4.36. The number of methoxy groups -OCH3 is 1. The molecule has 3 aromatic rings. The van der Waals surface area contributed by atoms with Crippen molar-refractivity contribution in [3.8, 4) is 17.2 Å². The van der Waals surface area contributed by atoms with E-state index in [1.807, 2.05) is 18.2 Å². The molecule has 7 heteroatoms. The minimum Gasteiger partial charge on any atom is -0.496 e. The van der Waals surface area contributed by atoms with Gasteiger partial charge in [-0.05, 0) is 30.8 Å². The standard InChI is InChI=1S/C19H21N3O3S/c1-22(11-13-4-5-15-16(8-13)21-26-20-15)12-14-9-18-19(10-17(14)23-2)25-7-3-6-24-18/h4-5,8-10H,3,6-7,11-12H2,1-2H3. The van der Waals surface area contributed by atoms with Gasteiger partial charge in [0.1, 0.15) is 16.8 Å². The number of hydrogen-bond acceptors (Lipinski definition) is 7. The molecule has 1 aliphatic rings. The molecule has 0 saturated heterocycles. The average Bonchev–Trinajstić information content (AvgIpc) is 2.98. The summed E-state index contributed by atoms with van der Waals surface area (Å²) in [4.78, 5) is 2.24. The number of hydrogen-bond donors (Lipinski definition) is 0. The molecule has 1 aromatic heterocycles. The van der Waals surface area contributed by atoms with Crippen molar-refractivity contribution in [3.63, 3.8) is 0 Å². The van der Waals surface area contributed by atoms with Crippen molar-refractivity contribution in [1.82, 2.24) is 13.6 Å². The highest BCUT2D eigenvalue weighted by Gasteiger charge is 2.16. The molecule has 2 aromatic carbocycles. The lowest BCUT2D eigenvalue weighted by Gasteiger charge is -2.20. The highest BCUT2D eigenvalue weighted by Crippen LogP contribution is 2.37. The summed E-state index contributed by atoms with van der Waals surface area (Å²) in [7, 11) is 3.78. The smallest absolute Gasteiger partial charge is 0.164 e. The maximum atomic E-state index is 5.81. The summed E-state index contributed by atoms with van der Waals surface area (Å²) in [5.41, 5.74) is 4.19. The molecule has 0 aliphatic carbocycles. The predicted octanol–water partition coefficient (Wildman–Crippen LogP) is 3.49. The topological polar surface area (TPSA) is 56.7 Å². The van der Waals surface area contributed by atoms with E-state index in [1.165, 1.54) is 17.3 Å². The van der Waals surface area contributed by atoms with Crippen molar-refractivity contribution >= 4 is 22.8 Å². The lowest BCUT2D eigenvalue weighted by atomic mass is 10.1. The summed E-state index contributed by atoms with van der Waals surface area (Å²) >= 11 is 1.25. The Balaban J connectivity index is 1.52. The van der Waals surface area contributed by atoms with Gasteiger partial charge in [-0.25, -0.2) is 0 Å². The van der Waals surface area contributed by atoms with Crippen molar-refractivity contribution in [1.29, 1.82) is 0 Å². The third kappa shape index (κ3) is 3.59. The van der Waals surface area contributed by atoms with Gasteiger partial charge in [-0.2, -0.15) is 8.75 Å². The van der Waals surface area contributed by atoms with E-state index >= 15 is 0 Å². The molecule has 6 nitrogen and oxygen atoms in total. The van der Waals surface area contributed by atoms with Crippen molar-refractivity contribution in [2.45, 2.75) is 19.5 Å². The molecule has 0 spiro atoms. The largest absolute Gasteiger partial charge is 0.496 e. The molecule has 0 N–H and O–H groups in total. The monoisotopic (exact) mass is 371 g/mol. The van der Waals surface area contributed by atoms with Crippen LogP contribution < -0.4 is 14.2 Å². The summed E-state index contributed by atoms with van der Waals surface area (Å²) in [5, 5.41) is 0. The quantitative estimate of drug-likeness (QED) is 0.684. The maximum absolute atomic E-state index is 5.81. The number of benzene rings is 2. The Kier molecular flexibility index (Phi) is 4.90. The highest BCUT2D eigenvalue weighted by molar-refractivity contribution is 7.00. The van der Waals surface area contributed by atoms with Gasteiger partial charge in [0.05, 0.1) is 32.1 Å². The van der Waals surface area contributed by atoms with Crippen molar-refractivity contribution in [3.05, 3.63) is 41.5 Å². The first-order chi connectivity index (χ1) is 12.7. The van der Waals surface area contributed by atoms with E-state index in [-0.39, 0.29) is 0 Å². The van der Waals surface area contributed by atoms with E-state index in [0.29, 0.717) is 13.2 Å². The number of fused-ring (bicyclic) bond motifs is 2. The van der Waals surface area contributed by atoms with Gasteiger partial charge in [-0.3, -0.25) is 4.90 Å². The number of ether oxygens (including phenoxy) is 3. The molecule has 0 saturated carbocycles. The zero-order valence-corrected chi connectivity index (χ0v) is 15.7. The fraction of sp³-hybridized carbons (Fsp3) is 0.368. The molecule has 0 unspecified atom stereocenters. The Bertz CT molecular complexity index is 912. The van der Waals surface area contributed by atoms with Gasteiger partial charge < -0.3 is 14.2 Å². The minimum absolute atomic E-state index is 0.670. The van der Waals surface area contributed by atoms with E-state index in [0.717, 1.165) is 53.4 Å². The van der Waals surface area contributed by atoms with Crippen molar-refractivity contribution in [2.24, 2.45) is 0 Å². The lowest BCUT2D eigenvalue weighted by molar-refractivity contribution is 0.296. The fourth-order valence-electron chi connectivity index (χ4n) is 3.13. The number of nitrogens with zero attached hydrogens (tertiary/aromatic N) is 3. The van der Waals surface area contributed by atoms with Crippen LogP contribution in [0.5, 0.6) is 17.2 Å². The molecule has 1 aliphatic heterocycles. The Morgan fingerprint density at radius 2 is 1.81 bits per heavy atom. The second-order valence-corrected chi connectivity index (χ2v) is 6.95. The van der Waals surface area contributed by atoms with Gasteiger partial charge >= 0.3 is 0 Å². The van der Waals surface area contributed by atoms with Crippen LogP contribution in [0.3, 0.4) is 0 Å². The normalized spacial score (nSPS) is 13.8. The minimum atomic E-state index is 0.670. The van der Waals surface area contributed by atoms with Gasteiger partial charge in [0.25, 0.3) is 0 Å². The first-order valence-electron chi connectivity index (χ1n) is 8.59. The van der Waals surface area contributed by atoms with Crippen LogP contribution in [-0.2, 0) is 13.1 Å². The first-order valence-corrected chi connectivity index (χ1v) is 9.32. The predicted molar refractivity (Wildman–Crippen MR) is 101 cm³/mol. The van der Waals surface area contributed by atoms with Crippen LogP contribution in [0.2, 0.25) is 0 Å². The van der Waals surface area contributed by atoms with Crippen LogP contribution in [0.4, 0.5) is 0 Å². The summed E-state index contributed by atoms with van der Waals surface area (Å²) in [6.07, 6.45) is 0.889. The van der Waals surface area contributed by atoms with Crippen LogP contribution in [-0.4, -0.2) is 41.0 Å². The number of aromatic nitrogens is 2. The molecule has 0 fully saturated rings. The van der Waals surface area contributed by atoms with Crippen LogP contribution in [0.1, 0.15) is 17.5 Å². The average molecular weight is 371 g/mol. The Morgan fingerprint density at radius 3 is 2.62 bits per heavy atom. The van der Waals surface area contributed by atoms with Crippen LogP contribution in [0.15, 0.2) is 30.3 Å². The molecule has 0 radical (unpaired) electrons. The van der Waals surface area contributed by atoms with Gasteiger partial charge in [-0.1, -0.05) is 6.07 Å². The summed E-state index contributed by atoms with van der Waals surface area (Å²) in [5.74, 6) is 2.37. The maximum Gasteiger partial charge on any atom is 0.164 e. The van der Waals surface area contributed by atoms with Crippen molar-refractivity contribution in [2.75, 3.05) is 27.4 Å². The zero-order valence-electron chi connectivity index (χ0n) is 14.9. The second-order valence-electron chi connectivity index (χ2n) is 6.42. The highest BCUT2D eigenvalue weighted by atomic mass is 32.1. The number of rotatable bonds is 5. The summed E-state index contributed by atoms with van der Waals surface area (Å²) in [6.45, 7) is 2.90. The van der Waals surface area contributed by atoms with Crippen LogP contribution in [0.25, 0.3) is 11.0 Å². The molecule has 0 bridgehead atoms. The fourth-order valence-corrected chi connectivity index (χ4v) is 3.65. The second kappa shape index (κ2) is 7.47. The molecular formula is C19H21N3O3S. The SMILES string of the molecule is COc1cc2c(cc1CN(C)Cc1ccc3nsnc3c1)OCCCO2. The van der Waals surface area contributed by atoms with Gasteiger partial charge in [0.15, 0.2) is 11.5 Å². The van der Waals surface area contributed by atoms with E-state index in [4.69, 9.17) is 14.2 Å². The van der Waals surface area contributed by atoms with E-state index in [9.17, 15) is 0 Å². The van der Waals surface area contributed by atoms with E-state index < -0.39 is 0 Å². The molecule has 26 heavy (non-hydrogen) atoms. The lowest BCUT2D eigenvalue weighted by Crippen LogP contribution is -2.17. The Morgan fingerprint density at radius 1 is 1.04 bits per heavy atom. The molecule has 0 amide bonds. The van der Waals surface area contributed by atoms with Gasteiger partial charge in [0, 0.05) is 31.1 Å². The summed E-state index contributed by atoms with van der Waals surface area (Å²) < 4.78 is 25.7. The summed E-state index contributed by atoms with van der Waals surface area (Å²) in [6, 6.07) is 10.2. The first kappa shape index (κ1) is 17.1. The zero-order chi connectivity index (χ0) is 17.9. The molecular weight excluding hydrogens is 350 g/mol. The molecule has 4 rings (SSSR count). The Hall–Kier alpha value is -2.38. The van der Waals surface area contributed by atoms with Crippen LogP contribution in [0, 0.1) is 0 Å². The Labute approximate surface area is 156 Å². The third-order valence-corrected chi connectivity index (χ3v) is 4.92. The van der Waals surface area contributed by atoms with Crippen molar-refractivity contribution < 1.29 is 14.2 Å². The molecule has 2 heterocycles. The van der Waals surface area contributed by atoms with E-state index in [2.05, 4.69) is 32.8 Å². The molecule has 136 valence electrons. The molecule has 0 atom stereocenters. The van der Waals surface area contributed by atoms with Gasteiger partial charge in [-0.15, -0.1) is 0 Å². The van der Waals surface area contributed by atoms with Crippen LogP contribution >= 0.6 is 11.7 Å². The van der Waals surface area contributed by atoms with E-state index in [1.54, 1.807) is 7.11 Å². The van der Waals surface area contributed by atoms with Gasteiger partial charge in [0.2, 0.25) is 0 Å².